The van der Waals surface area contributed by atoms with Crippen LogP contribution in [0, 0.1) is 0 Å². The number of rotatable bonds is 7. The lowest BCUT2D eigenvalue weighted by molar-refractivity contribution is -0.141. The molecule has 0 spiro atoms. The number of fused-ring (bicyclic) bond motifs is 1. The van der Waals surface area contributed by atoms with Gasteiger partial charge < -0.3 is 14.5 Å². The Bertz CT molecular complexity index is 787. The fourth-order valence-electron chi connectivity index (χ4n) is 3.27. The summed E-state index contributed by atoms with van der Waals surface area (Å²) >= 11 is 0. The second-order valence-corrected chi connectivity index (χ2v) is 6.57. The molecule has 7 nitrogen and oxygen atoms in total. The molecule has 1 aromatic carbocycles. The first-order chi connectivity index (χ1) is 12.6. The molecule has 1 aliphatic heterocycles. The lowest BCUT2D eigenvalue weighted by Crippen LogP contribution is -2.40. The van der Waals surface area contributed by atoms with E-state index in [1.165, 1.54) is 0 Å². The fourth-order valence-corrected chi connectivity index (χ4v) is 3.27. The van der Waals surface area contributed by atoms with E-state index in [0.717, 1.165) is 24.0 Å². The number of nitrogens with zero attached hydrogens (tertiary/aromatic N) is 3. The molecule has 138 valence electrons. The zero-order valence-electron chi connectivity index (χ0n) is 14.9. The summed E-state index contributed by atoms with van der Waals surface area (Å²) in [5.74, 6) is -0.362. The molecule has 1 N–H and O–H groups in total. The van der Waals surface area contributed by atoms with Gasteiger partial charge in [0.25, 0.3) is 0 Å². The van der Waals surface area contributed by atoms with E-state index in [9.17, 15) is 14.7 Å². The Morgan fingerprint density at radius 3 is 2.88 bits per heavy atom. The topological polar surface area (TPSA) is 96.5 Å². The average Bonchev–Trinajstić information content (AvgIpc) is 3.08. The van der Waals surface area contributed by atoms with Crippen molar-refractivity contribution in [1.82, 2.24) is 15.0 Å². The quantitative estimate of drug-likeness (QED) is 0.818. The molecule has 26 heavy (non-hydrogen) atoms. The van der Waals surface area contributed by atoms with Crippen molar-refractivity contribution in [2.45, 2.75) is 51.5 Å². The standard InChI is InChI=1S/C19H23N3O4/c1-2-6-16-20-17(26-21-16)9-5-10-18(23)22-11-13-7-3-4-8-14(13)15(12-22)19(24)25/h3-4,7-8,15H,2,5-6,9-12H2,1H3,(H,24,25). The van der Waals surface area contributed by atoms with E-state index in [2.05, 4.69) is 17.1 Å². The molecule has 0 aliphatic carbocycles. The molecule has 1 unspecified atom stereocenters. The van der Waals surface area contributed by atoms with Crippen LogP contribution in [-0.4, -0.2) is 38.6 Å². The van der Waals surface area contributed by atoms with Crippen LogP contribution in [0.1, 0.15) is 54.9 Å². The summed E-state index contributed by atoms with van der Waals surface area (Å²) in [6, 6.07) is 7.43. The number of carboxylic acid groups (broad SMARTS) is 1. The van der Waals surface area contributed by atoms with Crippen molar-refractivity contribution in [3.63, 3.8) is 0 Å². The molecular formula is C19H23N3O4. The monoisotopic (exact) mass is 357 g/mol. The van der Waals surface area contributed by atoms with Crippen LogP contribution in [0.3, 0.4) is 0 Å². The lowest BCUT2D eigenvalue weighted by Gasteiger charge is -2.32. The molecule has 0 radical (unpaired) electrons. The number of carbonyl (C=O) groups is 2. The largest absolute Gasteiger partial charge is 0.481 e. The summed E-state index contributed by atoms with van der Waals surface area (Å²) in [7, 11) is 0. The minimum absolute atomic E-state index is 0.0425. The van der Waals surface area contributed by atoms with Gasteiger partial charge in [-0.15, -0.1) is 0 Å². The van der Waals surface area contributed by atoms with Crippen molar-refractivity contribution in [2.75, 3.05) is 6.54 Å². The van der Waals surface area contributed by atoms with Crippen LogP contribution in [0.15, 0.2) is 28.8 Å². The van der Waals surface area contributed by atoms with Crippen molar-refractivity contribution in [2.24, 2.45) is 0 Å². The minimum Gasteiger partial charge on any atom is -0.481 e. The molecular weight excluding hydrogens is 334 g/mol. The maximum absolute atomic E-state index is 12.5. The number of hydrogen-bond acceptors (Lipinski definition) is 5. The smallest absolute Gasteiger partial charge is 0.312 e. The number of aliphatic carboxylic acids is 1. The van der Waals surface area contributed by atoms with Crippen LogP contribution >= 0.6 is 0 Å². The number of carbonyl (C=O) groups excluding carboxylic acids is 1. The molecule has 1 amide bonds. The number of hydrogen-bond donors (Lipinski definition) is 1. The van der Waals surface area contributed by atoms with Crippen molar-refractivity contribution >= 4 is 11.9 Å². The highest BCUT2D eigenvalue weighted by molar-refractivity contribution is 5.81. The van der Waals surface area contributed by atoms with E-state index in [1.54, 1.807) is 4.90 Å². The van der Waals surface area contributed by atoms with Gasteiger partial charge in [-0.2, -0.15) is 4.98 Å². The average molecular weight is 357 g/mol. The van der Waals surface area contributed by atoms with Gasteiger partial charge in [-0.25, -0.2) is 0 Å². The first-order valence-electron chi connectivity index (χ1n) is 8.98. The number of amides is 1. The van der Waals surface area contributed by atoms with Crippen molar-refractivity contribution in [3.8, 4) is 0 Å². The molecule has 1 aromatic heterocycles. The molecule has 2 heterocycles. The third-order valence-corrected chi connectivity index (χ3v) is 4.61. The predicted molar refractivity (Wildman–Crippen MR) is 93.5 cm³/mol. The molecule has 0 saturated heterocycles. The van der Waals surface area contributed by atoms with Gasteiger partial charge in [0, 0.05) is 32.4 Å². The number of aromatic nitrogens is 2. The van der Waals surface area contributed by atoms with E-state index in [1.807, 2.05) is 24.3 Å². The van der Waals surface area contributed by atoms with Gasteiger partial charge in [0.2, 0.25) is 11.8 Å². The maximum Gasteiger partial charge on any atom is 0.312 e. The summed E-state index contributed by atoms with van der Waals surface area (Å²) in [4.78, 5) is 30.0. The summed E-state index contributed by atoms with van der Waals surface area (Å²) in [5, 5.41) is 13.4. The van der Waals surface area contributed by atoms with Crippen LogP contribution in [0.25, 0.3) is 0 Å². The van der Waals surface area contributed by atoms with E-state index in [0.29, 0.717) is 37.5 Å². The van der Waals surface area contributed by atoms with Gasteiger partial charge >= 0.3 is 5.97 Å². The first-order valence-corrected chi connectivity index (χ1v) is 8.98. The highest BCUT2D eigenvalue weighted by Gasteiger charge is 2.32. The van der Waals surface area contributed by atoms with E-state index >= 15 is 0 Å². The van der Waals surface area contributed by atoms with Crippen LogP contribution in [0.2, 0.25) is 0 Å². The summed E-state index contributed by atoms with van der Waals surface area (Å²) in [5.41, 5.74) is 1.71. The third kappa shape index (κ3) is 4.09. The zero-order valence-corrected chi connectivity index (χ0v) is 14.9. The highest BCUT2D eigenvalue weighted by atomic mass is 16.5. The first kappa shape index (κ1) is 18.1. The summed E-state index contributed by atoms with van der Waals surface area (Å²) in [6.45, 7) is 2.72. The van der Waals surface area contributed by atoms with Gasteiger partial charge in [0.05, 0.1) is 5.92 Å². The van der Waals surface area contributed by atoms with Crippen molar-refractivity contribution in [3.05, 3.63) is 47.1 Å². The molecule has 3 rings (SSSR count). The fraction of sp³-hybridized carbons (Fsp3) is 0.474. The second kappa shape index (κ2) is 8.12. The molecule has 0 fully saturated rings. The van der Waals surface area contributed by atoms with Gasteiger partial charge in [-0.3, -0.25) is 9.59 Å². The number of benzene rings is 1. The Labute approximate surface area is 152 Å². The highest BCUT2D eigenvalue weighted by Crippen LogP contribution is 2.29. The normalized spacial score (nSPS) is 16.3. The molecule has 2 aromatic rings. The van der Waals surface area contributed by atoms with Gasteiger partial charge in [-0.1, -0.05) is 36.3 Å². The molecule has 1 atom stereocenters. The maximum atomic E-state index is 12.5. The number of carboxylic acids is 1. The van der Waals surface area contributed by atoms with Gasteiger partial charge in [0.1, 0.15) is 0 Å². The Balaban J connectivity index is 1.57. The van der Waals surface area contributed by atoms with E-state index in [4.69, 9.17) is 4.52 Å². The van der Waals surface area contributed by atoms with Crippen LogP contribution < -0.4 is 0 Å². The Morgan fingerprint density at radius 2 is 2.12 bits per heavy atom. The Morgan fingerprint density at radius 1 is 1.31 bits per heavy atom. The zero-order chi connectivity index (χ0) is 18.5. The van der Waals surface area contributed by atoms with Crippen molar-refractivity contribution < 1.29 is 19.2 Å². The SMILES string of the molecule is CCCc1noc(CCCC(=O)N2Cc3ccccc3C(C(=O)O)C2)n1. The molecule has 0 saturated carbocycles. The minimum atomic E-state index is -0.899. The summed E-state index contributed by atoms with van der Waals surface area (Å²) < 4.78 is 5.18. The Hall–Kier alpha value is -2.70. The van der Waals surface area contributed by atoms with Crippen molar-refractivity contribution in [1.29, 1.82) is 0 Å². The molecule has 7 heteroatoms. The third-order valence-electron chi connectivity index (χ3n) is 4.61. The van der Waals surface area contributed by atoms with Gasteiger partial charge in [0.15, 0.2) is 5.82 Å². The van der Waals surface area contributed by atoms with E-state index < -0.39 is 11.9 Å². The van der Waals surface area contributed by atoms with E-state index in [-0.39, 0.29) is 12.5 Å². The van der Waals surface area contributed by atoms with Gasteiger partial charge in [-0.05, 0) is 24.0 Å². The predicted octanol–water partition coefficient (Wildman–Crippen LogP) is 2.56. The number of aryl methyl sites for hydroxylation is 2. The van der Waals surface area contributed by atoms with Crippen LogP contribution in [0.5, 0.6) is 0 Å². The Kier molecular flexibility index (Phi) is 5.65. The molecule has 0 bridgehead atoms. The lowest BCUT2D eigenvalue weighted by atomic mass is 9.89. The van der Waals surface area contributed by atoms with Crippen LogP contribution in [0.4, 0.5) is 0 Å². The second-order valence-electron chi connectivity index (χ2n) is 6.57. The molecule has 1 aliphatic rings. The van der Waals surface area contributed by atoms with Crippen LogP contribution in [-0.2, 0) is 29.0 Å². The summed E-state index contributed by atoms with van der Waals surface area (Å²) in [6.07, 6.45) is 3.22.